The van der Waals surface area contributed by atoms with Crippen molar-refractivity contribution in [3.63, 3.8) is 0 Å². The lowest BCUT2D eigenvalue weighted by Crippen LogP contribution is -2.02. The Morgan fingerprint density at radius 2 is 2.42 bits per heavy atom. The molecule has 0 atom stereocenters. The largest absolute Gasteiger partial charge is 0.384 e. The number of aldehydes is 1. The van der Waals surface area contributed by atoms with Crippen molar-refractivity contribution in [2.75, 3.05) is 5.73 Å². The molecular weight excluding hydrogens is 192 g/mol. The number of carbonyl (C=O) groups excluding carboxylic acids is 1. The van der Waals surface area contributed by atoms with Crippen molar-refractivity contribution >= 4 is 35.7 Å². The Morgan fingerprint density at radius 1 is 1.75 bits per heavy atom. The van der Waals surface area contributed by atoms with Crippen LogP contribution in [0.1, 0.15) is 9.67 Å². The fraction of sp³-hybridized carbons (Fsp3) is 0.143. The summed E-state index contributed by atoms with van der Waals surface area (Å²) < 4.78 is 2.28. The SMILES string of the molecule is C=CCn1c(N)c(C=O)sc1=S. The molecule has 0 unspecified atom stereocenters. The molecule has 0 aliphatic carbocycles. The van der Waals surface area contributed by atoms with Gasteiger partial charge in [0, 0.05) is 6.54 Å². The lowest BCUT2D eigenvalue weighted by atomic mass is 10.5. The van der Waals surface area contributed by atoms with Gasteiger partial charge in [-0.2, -0.15) is 0 Å². The third-order valence-corrected chi connectivity index (χ3v) is 2.77. The van der Waals surface area contributed by atoms with Crippen molar-refractivity contribution in [1.29, 1.82) is 0 Å². The molecule has 0 aliphatic heterocycles. The van der Waals surface area contributed by atoms with Crippen molar-refractivity contribution in [2.24, 2.45) is 0 Å². The molecule has 0 saturated carbocycles. The van der Waals surface area contributed by atoms with E-state index in [9.17, 15) is 4.79 Å². The first-order chi connectivity index (χ1) is 5.70. The second-order valence-corrected chi connectivity index (χ2v) is 3.81. The first-order valence-corrected chi connectivity index (χ1v) is 4.48. The molecule has 0 spiro atoms. The van der Waals surface area contributed by atoms with Gasteiger partial charge in [-0.15, -0.1) is 6.58 Å². The van der Waals surface area contributed by atoms with E-state index in [1.807, 2.05) is 0 Å². The van der Waals surface area contributed by atoms with E-state index in [1.54, 1.807) is 10.6 Å². The normalized spacial score (nSPS) is 9.67. The van der Waals surface area contributed by atoms with Gasteiger partial charge in [0.05, 0.1) is 0 Å². The third-order valence-electron chi connectivity index (χ3n) is 1.38. The fourth-order valence-electron chi connectivity index (χ4n) is 0.819. The summed E-state index contributed by atoms with van der Waals surface area (Å²) in [5.74, 6) is 0.430. The molecule has 0 aromatic carbocycles. The molecule has 1 heterocycles. The molecule has 64 valence electrons. The quantitative estimate of drug-likeness (QED) is 0.460. The summed E-state index contributed by atoms with van der Waals surface area (Å²) in [5.41, 5.74) is 5.63. The van der Waals surface area contributed by atoms with Gasteiger partial charge < -0.3 is 10.3 Å². The topological polar surface area (TPSA) is 48.0 Å². The standard InChI is InChI=1S/C7H8N2OS2/c1-2-3-9-6(8)5(4-10)12-7(9)11/h2,4H,1,3,8H2. The lowest BCUT2D eigenvalue weighted by molar-refractivity contribution is 0.112. The van der Waals surface area contributed by atoms with E-state index >= 15 is 0 Å². The van der Waals surface area contributed by atoms with E-state index < -0.39 is 0 Å². The van der Waals surface area contributed by atoms with Crippen LogP contribution in [0, 0.1) is 3.95 Å². The van der Waals surface area contributed by atoms with Gasteiger partial charge in [0.15, 0.2) is 10.2 Å². The zero-order chi connectivity index (χ0) is 9.14. The molecule has 0 aliphatic rings. The van der Waals surface area contributed by atoms with Gasteiger partial charge in [0.25, 0.3) is 0 Å². The van der Waals surface area contributed by atoms with Gasteiger partial charge in [-0.05, 0) is 12.2 Å². The molecule has 12 heavy (non-hydrogen) atoms. The summed E-state index contributed by atoms with van der Waals surface area (Å²) in [6.07, 6.45) is 2.41. The van der Waals surface area contributed by atoms with Crippen molar-refractivity contribution in [3.8, 4) is 0 Å². The molecule has 1 aromatic rings. The lowest BCUT2D eigenvalue weighted by Gasteiger charge is -1.99. The fourth-order valence-corrected chi connectivity index (χ4v) is 2.00. The Hall–Kier alpha value is -0.940. The number of allylic oxidation sites excluding steroid dienone is 1. The van der Waals surface area contributed by atoms with Crippen LogP contribution in [0.15, 0.2) is 12.7 Å². The number of thiazole rings is 1. The van der Waals surface area contributed by atoms with Crippen LogP contribution in [0.4, 0.5) is 5.82 Å². The number of hydrogen-bond acceptors (Lipinski definition) is 4. The minimum Gasteiger partial charge on any atom is -0.384 e. The number of rotatable bonds is 3. The highest BCUT2D eigenvalue weighted by Gasteiger charge is 2.06. The van der Waals surface area contributed by atoms with Crippen LogP contribution in [0.5, 0.6) is 0 Å². The summed E-state index contributed by atoms with van der Waals surface area (Å²) in [5, 5.41) is 0. The maximum Gasteiger partial charge on any atom is 0.163 e. The van der Waals surface area contributed by atoms with Gasteiger partial charge in [-0.25, -0.2) is 0 Å². The highest BCUT2D eigenvalue weighted by Crippen LogP contribution is 2.19. The minimum absolute atomic E-state index is 0.430. The number of carbonyl (C=O) groups is 1. The van der Waals surface area contributed by atoms with E-state index in [0.29, 0.717) is 21.2 Å². The van der Waals surface area contributed by atoms with E-state index in [2.05, 4.69) is 6.58 Å². The Bertz CT molecular complexity index is 364. The molecule has 3 nitrogen and oxygen atoms in total. The van der Waals surface area contributed by atoms with Crippen molar-refractivity contribution in [3.05, 3.63) is 21.5 Å². The van der Waals surface area contributed by atoms with E-state index in [-0.39, 0.29) is 0 Å². The summed E-state index contributed by atoms with van der Waals surface area (Å²) in [6.45, 7) is 4.12. The molecule has 0 bridgehead atoms. The van der Waals surface area contributed by atoms with Crippen LogP contribution in [0.25, 0.3) is 0 Å². The van der Waals surface area contributed by atoms with Gasteiger partial charge in [0.1, 0.15) is 10.7 Å². The molecule has 1 aromatic heterocycles. The Labute approximate surface area is 79.1 Å². The smallest absolute Gasteiger partial charge is 0.163 e. The summed E-state index contributed by atoms with van der Waals surface area (Å²) in [6, 6.07) is 0. The predicted octanol–water partition coefficient (Wildman–Crippen LogP) is 1.86. The van der Waals surface area contributed by atoms with Gasteiger partial charge >= 0.3 is 0 Å². The molecule has 1 rings (SSSR count). The average Bonchev–Trinajstić information content (AvgIpc) is 2.32. The predicted molar refractivity (Wildman–Crippen MR) is 53.1 cm³/mol. The average molecular weight is 200 g/mol. The van der Waals surface area contributed by atoms with Crippen molar-refractivity contribution in [2.45, 2.75) is 6.54 Å². The number of hydrogen-bond donors (Lipinski definition) is 1. The molecule has 0 saturated heterocycles. The summed E-state index contributed by atoms with van der Waals surface area (Å²) in [4.78, 5) is 10.9. The zero-order valence-electron chi connectivity index (χ0n) is 6.32. The monoisotopic (exact) mass is 200 g/mol. The first kappa shape index (κ1) is 9.15. The molecule has 0 radical (unpaired) electrons. The van der Waals surface area contributed by atoms with Crippen molar-refractivity contribution in [1.82, 2.24) is 4.57 Å². The molecule has 5 heteroatoms. The van der Waals surface area contributed by atoms with E-state index in [1.165, 1.54) is 11.3 Å². The maximum atomic E-state index is 10.4. The first-order valence-electron chi connectivity index (χ1n) is 3.26. The van der Waals surface area contributed by atoms with Crippen LogP contribution >= 0.6 is 23.6 Å². The number of nitrogen functional groups attached to an aromatic ring is 1. The van der Waals surface area contributed by atoms with Crippen molar-refractivity contribution < 1.29 is 4.79 Å². The van der Waals surface area contributed by atoms with Crippen LogP contribution < -0.4 is 5.73 Å². The highest BCUT2D eigenvalue weighted by molar-refractivity contribution is 7.73. The van der Waals surface area contributed by atoms with Crippen LogP contribution in [0.2, 0.25) is 0 Å². The highest BCUT2D eigenvalue weighted by atomic mass is 32.1. The number of anilines is 1. The second kappa shape index (κ2) is 3.64. The second-order valence-electron chi connectivity index (χ2n) is 2.13. The summed E-state index contributed by atoms with van der Waals surface area (Å²) >= 11 is 6.20. The maximum absolute atomic E-state index is 10.4. The third kappa shape index (κ3) is 1.46. The van der Waals surface area contributed by atoms with Crippen LogP contribution in [-0.2, 0) is 6.54 Å². The molecule has 2 N–H and O–H groups in total. The number of aromatic nitrogens is 1. The van der Waals surface area contributed by atoms with Crippen LogP contribution in [0.3, 0.4) is 0 Å². The van der Waals surface area contributed by atoms with E-state index in [4.69, 9.17) is 18.0 Å². The molecule has 0 amide bonds. The molecular formula is C7H8N2OS2. The summed E-state index contributed by atoms with van der Waals surface area (Å²) in [7, 11) is 0. The van der Waals surface area contributed by atoms with E-state index in [0.717, 1.165) is 6.29 Å². The Kier molecular flexibility index (Phi) is 2.78. The minimum atomic E-state index is 0.430. The Morgan fingerprint density at radius 3 is 2.83 bits per heavy atom. The van der Waals surface area contributed by atoms with Gasteiger partial charge in [-0.1, -0.05) is 17.4 Å². The zero-order valence-corrected chi connectivity index (χ0v) is 7.95. The number of nitrogens with zero attached hydrogens (tertiary/aromatic N) is 1. The molecule has 0 fully saturated rings. The van der Waals surface area contributed by atoms with Crippen LogP contribution in [-0.4, -0.2) is 10.9 Å². The Balaban J connectivity index is 3.27. The van der Waals surface area contributed by atoms with Gasteiger partial charge in [0.2, 0.25) is 0 Å². The number of nitrogens with two attached hydrogens (primary N) is 1. The van der Waals surface area contributed by atoms with Gasteiger partial charge in [-0.3, -0.25) is 4.79 Å².